The monoisotopic (exact) mass is 398 g/mol. The summed E-state index contributed by atoms with van der Waals surface area (Å²) < 4.78 is 0. The van der Waals surface area contributed by atoms with Gasteiger partial charge in [0.05, 0.1) is 6.10 Å². The summed E-state index contributed by atoms with van der Waals surface area (Å²) >= 11 is 0. The summed E-state index contributed by atoms with van der Waals surface area (Å²) in [5, 5.41) is 10.2. The Bertz CT molecular complexity index is 659. The van der Waals surface area contributed by atoms with Crippen LogP contribution in [0.2, 0.25) is 0 Å². The minimum Gasteiger partial charge on any atom is -0.393 e. The third-order valence-corrected chi connectivity index (χ3v) is 10.5. The first kappa shape index (κ1) is 21.7. The highest BCUT2D eigenvalue weighted by atomic mass is 16.3. The molecule has 0 amide bonds. The van der Waals surface area contributed by atoms with Gasteiger partial charge in [-0.15, -0.1) is 0 Å². The summed E-state index contributed by atoms with van der Waals surface area (Å²) in [6.07, 6.45) is 15.3. The van der Waals surface area contributed by atoms with Crippen LogP contribution in [-0.2, 0) is 0 Å². The first-order valence-corrected chi connectivity index (χ1v) is 12.7. The SMILES string of the molecule is C=C(CC[C@@H](C)[C@H]1CC[C@H]2C3=CCC4CC(O)CC[C@]4(C)[C@H]3CC[C@]12C)C(C)C. The van der Waals surface area contributed by atoms with Crippen molar-refractivity contribution in [1.82, 2.24) is 0 Å². The predicted molar refractivity (Wildman–Crippen MR) is 124 cm³/mol. The van der Waals surface area contributed by atoms with E-state index in [2.05, 4.69) is 47.3 Å². The fraction of sp³-hybridized carbons (Fsp3) is 0.857. The van der Waals surface area contributed by atoms with Crippen LogP contribution in [0.4, 0.5) is 0 Å². The Morgan fingerprint density at radius 3 is 2.48 bits per heavy atom. The lowest BCUT2D eigenvalue weighted by Gasteiger charge is -2.57. The molecule has 164 valence electrons. The zero-order chi connectivity index (χ0) is 21.0. The highest BCUT2D eigenvalue weighted by Crippen LogP contribution is 2.66. The number of aliphatic hydroxyl groups excluding tert-OH is 1. The van der Waals surface area contributed by atoms with E-state index >= 15 is 0 Å². The quantitative estimate of drug-likeness (QED) is 0.474. The first-order chi connectivity index (χ1) is 13.7. The van der Waals surface area contributed by atoms with E-state index in [0.717, 1.165) is 36.5 Å². The van der Waals surface area contributed by atoms with Crippen molar-refractivity contribution < 1.29 is 5.11 Å². The van der Waals surface area contributed by atoms with Crippen molar-refractivity contribution in [2.24, 2.45) is 46.3 Å². The standard InChI is InChI=1S/C28H46O/c1-18(2)19(3)7-8-20(4)24-11-12-25-23-10-9-21-17-22(29)13-15-27(21,5)26(23)14-16-28(24,25)6/h10,18,20-22,24-26,29H,3,7-9,11-17H2,1-2,4-6H3/t20-,21?,22?,24-,25+,26+,27+,28-/m1/s1. The number of aliphatic hydroxyl groups is 1. The third-order valence-electron chi connectivity index (χ3n) is 10.5. The molecule has 1 N–H and O–H groups in total. The predicted octanol–water partition coefficient (Wildman–Crippen LogP) is 7.55. The summed E-state index contributed by atoms with van der Waals surface area (Å²) in [6.45, 7) is 16.7. The summed E-state index contributed by atoms with van der Waals surface area (Å²) in [5.41, 5.74) is 4.26. The van der Waals surface area contributed by atoms with Gasteiger partial charge in [-0.2, -0.15) is 0 Å². The van der Waals surface area contributed by atoms with E-state index < -0.39 is 0 Å². The lowest BCUT2D eigenvalue weighted by Crippen LogP contribution is -2.49. The zero-order valence-corrected chi connectivity index (χ0v) is 19.8. The lowest BCUT2D eigenvalue weighted by atomic mass is 9.47. The van der Waals surface area contributed by atoms with Gasteiger partial charge in [-0.1, -0.05) is 58.4 Å². The second-order valence-corrected chi connectivity index (χ2v) is 12.2. The van der Waals surface area contributed by atoms with Gasteiger partial charge in [0.25, 0.3) is 0 Å². The van der Waals surface area contributed by atoms with Crippen LogP contribution < -0.4 is 0 Å². The van der Waals surface area contributed by atoms with E-state index in [0.29, 0.717) is 22.7 Å². The van der Waals surface area contributed by atoms with E-state index in [-0.39, 0.29) is 6.10 Å². The normalized spacial score (nSPS) is 45.2. The Kier molecular flexibility index (Phi) is 5.86. The highest BCUT2D eigenvalue weighted by molar-refractivity contribution is 5.27. The van der Waals surface area contributed by atoms with Crippen molar-refractivity contribution in [2.45, 2.75) is 105 Å². The summed E-state index contributed by atoms with van der Waals surface area (Å²) in [4.78, 5) is 0. The molecular weight excluding hydrogens is 352 g/mol. The largest absolute Gasteiger partial charge is 0.393 e. The Morgan fingerprint density at radius 2 is 1.76 bits per heavy atom. The molecule has 29 heavy (non-hydrogen) atoms. The third kappa shape index (κ3) is 3.58. The number of fused-ring (bicyclic) bond motifs is 5. The maximum Gasteiger partial charge on any atom is 0.0543 e. The van der Waals surface area contributed by atoms with Gasteiger partial charge >= 0.3 is 0 Å². The molecule has 1 nitrogen and oxygen atoms in total. The molecule has 0 spiro atoms. The van der Waals surface area contributed by atoms with Crippen LogP contribution in [0.1, 0.15) is 98.8 Å². The molecule has 0 saturated heterocycles. The number of hydrogen-bond acceptors (Lipinski definition) is 1. The molecule has 8 atom stereocenters. The first-order valence-electron chi connectivity index (χ1n) is 12.7. The number of allylic oxidation sites excluding steroid dienone is 3. The molecule has 3 fully saturated rings. The lowest BCUT2D eigenvalue weighted by molar-refractivity contribution is -0.0427. The molecule has 0 bridgehead atoms. The van der Waals surface area contributed by atoms with E-state index in [1.807, 2.05) is 5.57 Å². The summed E-state index contributed by atoms with van der Waals surface area (Å²) in [6, 6.07) is 0. The van der Waals surface area contributed by atoms with Gasteiger partial charge in [0.1, 0.15) is 0 Å². The number of rotatable bonds is 5. The molecule has 4 rings (SSSR count). The second-order valence-electron chi connectivity index (χ2n) is 12.2. The fourth-order valence-corrected chi connectivity index (χ4v) is 8.37. The molecule has 4 aliphatic rings. The minimum absolute atomic E-state index is 0.0471. The maximum absolute atomic E-state index is 10.2. The van der Waals surface area contributed by atoms with Crippen LogP contribution in [0.5, 0.6) is 0 Å². The molecule has 0 aromatic heterocycles. The molecule has 0 heterocycles. The Hall–Kier alpha value is -0.560. The van der Waals surface area contributed by atoms with Crippen molar-refractivity contribution in [3.8, 4) is 0 Å². The summed E-state index contributed by atoms with van der Waals surface area (Å²) in [7, 11) is 0. The minimum atomic E-state index is -0.0471. The van der Waals surface area contributed by atoms with E-state index in [1.54, 1.807) is 0 Å². The fourth-order valence-electron chi connectivity index (χ4n) is 8.37. The number of hydrogen-bond donors (Lipinski definition) is 1. The van der Waals surface area contributed by atoms with Crippen molar-refractivity contribution in [3.63, 3.8) is 0 Å². The van der Waals surface area contributed by atoms with E-state index in [4.69, 9.17) is 0 Å². The average Bonchev–Trinajstić information content (AvgIpc) is 3.03. The topological polar surface area (TPSA) is 20.2 Å². The van der Waals surface area contributed by atoms with Crippen LogP contribution in [0, 0.1) is 46.3 Å². The summed E-state index contributed by atoms with van der Waals surface area (Å²) in [5.74, 6) is 4.65. The molecule has 4 aliphatic carbocycles. The Balaban J connectivity index is 1.50. The molecule has 0 radical (unpaired) electrons. The molecule has 3 saturated carbocycles. The molecule has 0 aromatic carbocycles. The molecule has 2 unspecified atom stereocenters. The Labute approximate surface area is 180 Å². The average molecular weight is 399 g/mol. The van der Waals surface area contributed by atoms with Gasteiger partial charge in [0.2, 0.25) is 0 Å². The van der Waals surface area contributed by atoms with Crippen LogP contribution in [0.3, 0.4) is 0 Å². The van der Waals surface area contributed by atoms with Gasteiger partial charge in [0, 0.05) is 0 Å². The van der Waals surface area contributed by atoms with Gasteiger partial charge in [-0.25, -0.2) is 0 Å². The van der Waals surface area contributed by atoms with Gasteiger partial charge < -0.3 is 5.11 Å². The van der Waals surface area contributed by atoms with Crippen molar-refractivity contribution in [1.29, 1.82) is 0 Å². The second kappa shape index (κ2) is 7.85. The van der Waals surface area contributed by atoms with Gasteiger partial charge in [-0.05, 0) is 111 Å². The maximum atomic E-state index is 10.2. The van der Waals surface area contributed by atoms with Crippen LogP contribution >= 0.6 is 0 Å². The van der Waals surface area contributed by atoms with Crippen molar-refractivity contribution in [2.75, 3.05) is 0 Å². The van der Waals surface area contributed by atoms with Gasteiger partial charge in [0.15, 0.2) is 0 Å². The zero-order valence-electron chi connectivity index (χ0n) is 19.8. The van der Waals surface area contributed by atoms with Crippen LogP contribution in [0.25, 0.3) is 0 Å². The molecule has 0 aliphatic heterocycles. The van der Waals surface area contributed by atoms with Gasteiger partial charge in [-0.3, -0.25) is 0 Å². The smallest absolute Gasteiger partial charge is 0.0543 e. The van der Waals surface area contributed by atoms with E-state index in [9.17, 15) is 5.11 Å². The van der Waals surface area contributed by atoms with Crippen molar-refractivity contribution in [3.05, 3.63) is 23.8 Å². The van der Waals surface area contributed by atoms with Crippen LogP contribution in [-0.4, -0.2) is 11.2 Å². The molecule has 1 heteroatoms. The van der Waals surface area contributed by atoms with Crippen LogP contribution in [0.15, 0.2) is 23.8 Å². The Morgan fingerprint density at radius 1 is 1.07 bits per heavy atom. The molecule has 0 aromatic rings. The molecular formula is C28H46O. The highest BCUT2D eigenvalue weighted by Gasteiger charge is 2.58. The van der Waals surface area contributed by atoms with Crippen molar-refractivity contribution >= 4 is 0 Å². The van der Waals surface area contributed by atoms with E-state index in [1.165, 1.54) is 56.9 Å².